The van der Waals surface area contributed by atoms with E-state index in [0.29, 0.717) is 6.42 Å². The Morgan fingerprint density at radius 2 is 2.21 bits per heavy atom. The molecule has 4 nitrogen and oxygen atoms in total. The van der Waals surface area contributed by atoms with Crippen molar-refractivity contribution in [1.82, 2.24) is 10.3 Å². The molecule has 76 valence electrons. The highest BCUT2D eigenvalue weighted by atomic mass is 16.3. The first kappa shape index (κ1) is 10.7. The second kappa shape index (κ2) is 5.34. The largest absolute Gasteiger partial charge is 0.396 e. The fourth-order valence-electron chi connectivity index (χ4n) is 1.29. The zero-order valence-corrected chi connectivity index (χ0v) is 8.10. The van der Waals surface area contributed by atoms with Crippen molar-refractivity contribution in [3.05, 3.63) is 30.1 Å². The first-order valence-corrected chi connectivity index (χ1v) is 4.52. The van der Waals surface area contributed by atoms with E-state index in [4.69, 9.17) is 5.11 Å². The van der Waals surface area contributed by atoms with E-state index < -0.39 is 0 Å². The Bertz CT molecular complexity index is 287. The average molecular weight is 194 g/mol. The maximum Gasteiger partial charge on any atom is 0.217 e. The van der Waals surface area contributed by atoms with Gasteiger partial charge < -0.3 is 10.4 Å². The molecule has 1 heterocycles. The Labute approximate surface area is 83.0 Å². The third-order valence-electron chi connectivity index (χ3n) is 1.90. The van der Waals surface area contributed by atoms with E-state index in [2.05, 4.69) is 10.3 Å². The van der Waals surface area contributed by atoms with Crippen LogP contribution in [0.2, 0.25) is 0 Å². The van der Waals surface area contributed by atoms with Crippen molar-refractivity contribution in [2.24, 2.45) is 0 Å². The summed E-state index contributed by atoms with van der Waals surface area (Å²) in [5.74, 6) is -0.0970. The lowest BCUT2D eigenvalue weighted by Crippen LogP contribution is -2.26. The third kappa shape index (κ3) is 3.14. The lowest BCUT2D eigenvalue weighted by Gasteiger charge is -2.16. The van der Waals surface area contributed by atoms with Gasteiger partial charge in [-0.15, -0.1) is 0 Å². The molecule has 1 rings (SSSR count). The van der Waals surface area contributed by atoms with Crippen LogP contribution >= 0.6 is 0 Å². The highest BCUT2D eigenvalue weighted by Crippen LogP contribution is 2.14. The number of carbonyl (C=O) groups is 1. The predicted octanol–water partition coefficient (Wildman–Crippen LogP) is 0.641. The zero-order chi connectivity index (χ0) is 10.4. The number of aromatic nitrogens is 1. The van der Waals surface area contributed by atoms with Crippen LogP contribution in [0.3, 0.4) is 0 Å². The molecule has 0 aliphatic rings. The summed E-state index contributed by atoms with van der Waals surface area (Å²) in [6, 6.07) is 3.53. The number of hydrogen-bond donors (Lipinski definition) is 2. The van der Waals surface area contributed by atoms with Crippen molar-refractivity contribution in [2.45, 2.75) is 19.4 Å². The molecule has 0 aliphatic carbocycles. The summed E-state index contributed by atoms with van der Waals surface area (Å²) in [4.78, 5) is 14.8. The number of aliphatic hydroxyl groups is 1. The number of amides is 1. The maximum absolute atomic E-state index is 10.9. The fraction of sp³-hybridized carbons (Fsp3) is 0.400. The minimum absolute atomic E-state index is 0.0489. The zero-order valence-electron chi connectivity index (χ0n) is 8.10. The first-order chi connectivity index (χ1) is 6.74. The van der Waals surface area contributed by atoms with Gasteiger partial charge in [0.05, 0.1) is 6.04 Å². The monoisotopic (exact) mass is 194 g/mol. The van der Waals surface area contributed by atoms with Crippen LogP contribution in [-0.4, -0.2) is 22.6 Å². The van der Waals surface area contributed by atoms with Gasteiger partial charge in [0.25, 0.3) is 0 Å². The molecule has 0 spiro atoms. The van der Waals surface area contributed by atoms with Crippen LogP contribution in [0.5, 0.6) is 0 Å². The fourth-order valence-corrected chi connectivity index (χ4v) is 1.29. The molecule has 0 fully saturated rings. The first-order valence-electron chi connectivity index (χ1n) is 4.52. The molecular formula is C10H14N2O2. The van der Waals surface area contributed by atoms with Crippen LogP contribution in [0, 0.1) is 0 Å². The summed E-state index contributed by atoms with van der Waals surface area (Å²) in [6.07, 6.45) is 3.85. The quantitative estimate of drug-likeness (QED) is 0.739. The van der Waals surface area contributed by atoms with Gasteiger partial charge in [-0.3, -0.25) is 9.78 Å². The molecule has 0 saturated carbocycles. The molecule has 0 unspecified atom stereocenters. The lowest BCUT2D eigenvalue weighted by molar-refractivity contribution is -0.119. The van der Waals surface area contributed by atoms with Crippen molar-refractivity contribution in [1.29, 1.82) is 0 Å². The van der Waals surface area contributed by atoms with E-state index in [1.54, 1.807) is 12.4 Å². The van der Waals surface area contributed by atoms with Gasteiger partial charge in [0.2, 0.25) is 5.91 Å². The van der Waals surface area contributed by atoms with Crippen LogP contribution in [0.1, 0.15) is 24.9 Å². The van der Waals surface area contributed by atoms with Gasteiger partial charge in [0, 0.05) is 25.9 Å². The van der Waals surface area contributed by atoms with E-state index >= 15 is 0 Å². The topological polar surface area (TPSA) is 62.2 Å². The summed E-state index contributed by atoms with van der Waals surface area (Å²) in [5.41, 5.74) is 0.962. The summed E-state index contributed by atoms with van der Waals surface area (Å²) >= 11 is 0. The van der Waals surface area contributed by atoms with E-state index in [1.165, 1.54) is 6.92 Å². The molecular weight excluding hydrogens is 180 g/mol. The Balaban J connectivity index is 2.72. The Morgan fingerprint density at radius 1 is 1.57 bits per heavy atom. The number of carbonyl (C=O) groups excluding carboxylic acids is 1. The van der Waals surface area contributed by atoms with E-state index in [0.717, 1.165) is 5.56 Å². The molecule has 2 N–H and O–H groups in total. The number of nitrogens with zero attached hydrogens (tertiary/aromatic N) is 1. The second-order valence-electron chi connectivity index (χ2n) is 3.05. The number of aliphatic hydroxyl groups excluding tert-OH is 1. The maximum atomic E-state index is 10.9. The molecule has 1 atom stereocenters. The smallest absolute Gasteiger partial charge is 0.217 e. The minimum atomic E-state index is -0.125. The Kier molecular flexibility index (Phi) is 4.07. The normalized spacial score (nSPS) is 12.1. The molecule has 0 aliphatic heterocycles. The Morgan fingerprint density at radius 3 is 2.71 bits per heavy atom. The number of rotatable bonds is 4. The highest BCUT2D eigenvalue weighted by molar-refractivity contribution is 5.73. The number of pyridine rings is 1. The number of nitrogens with one attached hydrogen (secondary N) is 1. The molecule has 0 bridgehead atoms. The van der Waals surface area contributed by atoms with Crippen molar-refractivity contribution in [3.63, 3.8) is 0 Å². The molecule has 1 aromatic heterocycles. The molecule has 14 heavy (non-hydrogen) atoms. The molecule has 0 radical (unpaired) electrons. The van der Waals surface area contributed by atoms with Crippen LogP contribution in [0.25, 0.3) is 0 Å². The van der Waals surface area contributed by atoms with Crippen molar-refractivity contribution < 1.29 is 9.90 Å². The third-order valence-corrected chi connectivity index (χ3v) is 1.90. The standard InChI is InChI=1S/C10H14N2O2/c1-8(14)12-10(4-7-13)9-2-5-11-6-3-9/h2-3,5-6,10,13H,4,7H2,1H3,(H,12,14)/t10-/m0/s1. The summed E-state index contributed by atoms with van der Waals surface area (Å²) < 4.78 is 0. The summed E-state index contributed by atoms with van der Waals surface area (Å²) in [5, 5.41) is 11.6. The lowest BCUT2D eigenvalue weighted by atomic mass is 10.1. The van der Waals surface area contributed by atoms with Crippen molar-refractivity contribution >= 4 is 5.91 Å². The van der Waals surface area contributed by atoms with Gasteiger partial charge in [0.1, 0.15) is 0 Å². The average Bonchev–Trinajstić information content (AvgIpc) is 2.18. The molecule has 0 saturated heterocycles. The van der Waals surface area contributed by atoms with Crippen LogP contribution in [0.15, 0.2) is 24.5 Å². The molecule has 1 aromatic rings. The van der Waals surface area contributed by atoms with E-state index in [9.17, 15) is 4.79 Å². The molecule has 0 aromatic carbocycles. The Hall–Kier alpha value is -1.42. The molecule has 4 heteroatoms. The second-order valence-corrected chi connectivity index (χ2v) is 3.05. The summed E-state index contributed by atoms with van der Waals surface area (Å²) in [6.45, 7) is 1.51. The SMILES string of the molecule is CC(=O)N[C@@H](CCO)c1ccncc1. The minimum Gasteiger partial charge on any atom is -0.396 e. The van der Waals surface area contributed by atoms with Crippen LogP contribution in [0.4, 0.5) is 0 Å². The van der Waals surface area contributed by atoms with Crippen LogP contribution < -0.4 is 5.32 Å². The summed E-state index contributed by atoms with van der Waals surface area (Å²) in [7, 11) is 0. The van der Waals surface area contributed by atoms with Gasteiger partial charge >= 0.3 is 0 Å². The van der Waals surface area contributed by atoms with Crippen LogP contribution in [-0.2, 0) is 4.79 Å². The van der Waals surface area contributed by atoms with Gasteiger partial charge in [0.15, 0.2) is 0 Å². The van der Waals surface area contributed by atoms with Gasteiger partial charge in [-0.05, 0) is 24.1 Å². The van der Waals surface area contributed by atoms with Gasteiger partial charge in [-0.25, -0.2) is 0 Å². The van der Waals surface area contributed by atoms with E-state index in [1.807, 2.05) is 12.1 Å². The van der Waals surface area contributed by atoms with Crippen molar-refractivity contribution in [3.8, 4) is 0 Å². The highest BCUT2D eigenvalue weighted by Gasteiger charge is 2.10. The number of hydrogen-bond acceptors (Lipinski definition) is 3. The van der Waals surface area contributed by atoms with E-state index in [-0.39, 0.29) is 18.6 Å². The van der Waals surface area contributed by atoms with Crippen molar-refractivity contribution in [2.75, 3.05) is 6.61 Å². The van der Waals surface area contributed by atoms with Gasteiger partial charge in [-0.2, -0.15) is 0 Å². The van der Waals surface area contributed by atoms with Gasteiger partial charge in [-0.1, -0.05) is 0 Å². The molecule has 1 amide bonds. The predicted molar refractivity (Wildman–Crippen MR) is 52.5 cm³/mol.